The molecular weight excluding hydrogens is 316 g/mol. The van der Waals surface area contributed by atoms with Gasteiger partial charge in [0.2, 0.25) is 11.7 Å². The third-order valence-corrected chi connectivity index (χ3v) is 3.18. The Kier molecular flexibility index (Phi) is 5.06. The second-order valence-electron chi connectivity index (χ2n) is 5.49. The molecule has 2 N–H and O–H groups in total. The van der Waals surface area contributed by atoms with Crippen LogP contribution in [-0.4, -0.2) is 20.9 Å². The Bertz CT molecular complexity index is 759. The maximum Gasteiger partial charge on any atom is 0.303 e. The van der Waals surface area contributed by atoms with E-state index >= 15 is 0 Å². The summed E-state index contributed by atoms with van der Waals surface area (Å²) in [4.78, 5) is 23.0. The maximum atomic E-state index is 13.5. The number of alkyl halides is 2. The van der Waals surface area contributed by atoms with E-state index in [1.165, 1.54) is 6.92 Å². The van der Waals surface area contributed by atoms with Crippen LogP contribution in [0.3, 0.4) is 0 Å². The second-order valence-corrected chi connectivity index (χ2v) is 5.49. The highest BCUT2D eigenvalue weighted by Gasteiger charge is 2.28. The number of aryl methyl sites for hydroxylation is 2. The monoisotopic (exact) mass is 335 g/mol. The van der Waals surface area contributed by atoms with Gasteiger partial charge in [-0.25, -0.2) is 15.0 Å². The number of halogens is 2. The molecular formula is C16H19F2N5O. The van der Waals surface area contributed by atoms with Crippen molar-refractivity contribution in [3.05, 3.63) is 35.4 Å². The Balaban J connectivity index is 2.39. The molecule has 128 valence electrons. The summed E-state index contributed by atoms with van der Waals surface area (Å²) in [5, 5.41) is 5.60. The van der Waals surface area contributed by atoms with Crippen LogP contribution in [0, 0.1) is 6.92 Å². The fourth-order valence-corrected chi connectivity index (χ4v) is 2.10. The van der Waals surface area contributed by atoms with Crippen molar-refractivity contribution in [3.8, 4) is 0 Å². The third kappa shape index (κ3) is 4.43. The summed E-state index contributed by atoms with van der Waals surface area (Å²) in [7, 11) is 0. The van der Waals surface area contributed by atoms with E-state index in [4.69, 9.17) is 0 Å². The lowest BCUT2D eigenvalue weighted by Crippen LogP contribution is -2.15. The summed E-state index contributed by atoms with van der Waals surface area (Å²) in [5.74, 6) is -3.29. The van der Waals surface area contributed by atoms with E-state index in [2.05, 4.69) is 25.6 Å². The molecule has 0 aromatic carbocycles. The highest BCUT2D eigenvalue weighted by atomic mass is 19.3. The summed E-state index contributed by atoms with van der Waals surface area (Å²) in [6.07, 6.45) is 2.30. The molecule has 0 atom stereocenters. The molecule has 0 aliphatic carbocycles. The number of nitrogens with one attached hydrogen (secondary N) is 2. The predicted octanol–water partition coefficient (Wildman–Crippen LogP) is 3.56. The summed E-state index contributed by atoms with van der Waals surface area (Å²) in [6.45, 7) is 5.70. The van der Waals surface area contributed by atoms with Gasteiger partial charge in [0.25, 0.3) is 0 Å². The summed E-state index contributed by atoms with van der Waals surface area (Å²) >= 11 is 0. The molecule has 0 aliphatic heterocycles. The van der Waals surface area contributed by atoms with Crippen molar-refractivity contribution in [2.45, 2.75) is 40.0 Å². The first-order chi connectivity index (χ1) is 11.2. The van der Waals surface area contributed by atoms with Crippen LogP contribution in [0.4, 0.5) is 26.1 Å². The van der Waals surface area contributed by atoms with Gasteiger partial charge in [-0.3, -0.25) is 4.79 Å². The van der Waals surface area contributed by atoms with Gasteiger partial charge in [0.05, 0.1) is 0 Å². The lowest BCUT2D eigenvalue weighted by Gasteiger charge is -2.15. The van der Waals surface area contributed by atoms with Gasteiger partial charge in [-0.1, -0.05) is 6.92 Å². The SMILES string of the molecule is CCc1cnc(NC(C)=O)cc1Nc1cc(C)nc(C(C)(F)F)n1. The van der Waals surface area contributed by atoms with Gasteiger partial charge in [-0.05, 0) is 18.9 Å². The molecule has 0 aliphatic rings. The Morgan fingerprint density at radius 2 is 1.96 bits per heavy atom. The molecule has 2 aromatic rings. The van der Waals surface area contributed by atoms with Crippen molar-refractivity contribution in [3.63, 3.8) is 0 Å². The number of hydrogen-bond donors (Lipinski definition) is 2. The fraction of sp³-hybridized carbons (Fsp3) is 0.375. The minimum atomic E-state index is -3.13. The zero-order valence-corrected chi connectivity index (χ0v) is 13.9. The molecule has 0 fully saturated rings. The number of pyridine rings is 1. The summed E-state index contributed by atoms with van der Waals surface area (Å²) < 4.78 is 27.0. The van der Waals surface area contributed by atoms with Crippen LogP contribution < -0.4 is 10.6 Å². The third-order valence-electron chi connectivity index (χ3n) is 3.18. The largest absolute Gasteiger partial charge is 0.340 e. The van der Waals surface area contributed by atoms with Crippen LogP contribution >= 0.6 is 0 Å². The average Bonchev–Trinajstić information content (AvgIpc) is 2.45. The number of aromatic nitrogens is 3. The predicted molar refractivity (Wildman–Crippen MR) is 87.5 cm³/mol. The lowest BCUT2D eigenvalue weighted by atomic mass is 10.2. The van der Waals surface area contributed by atoms with E-state index in [1.54, 1.807) is 25.3 Å². The van der Waals surface area contributed by atoms with E-state index in [0.29, 0.717) is 23.6 Å². The van der Waals surface area contributed by atoms with Crippen molar-refractivity contribution in [2.24, 2.45) is 0 Å². The van der Waals surface area contributed by atoms with Crippen LogP contribution in [0.1, 0.15) is 37.9 Å². The molecule has 2 aromatic heterocycles. The van der Waals surface area contributed by atoms with Gasteiger partial charge < -0.3 is 10.6 Å². The quantitative estimate of drug-likeness (QED) is 0.873. The minimum Gasteiger partial charge on any atom is -0.340 e. The molecule has 0 bridgehead atoms. The Morgan fingerprint density at radius 3 is 2.54 bits per heavy atom. The van der Waals surface area contributed by atoms with Crippen LogP contribution in [0.25, 0.3) is 0 Å². The van der Waals surface area contributed by atoms with Gasteiger partial charge in [0.15, 0.2) is 0 Å². The topological polar surface area (TPSA) is 79.8 Å². The molecule has 24 heavy (non-hydrogen) atoms. The highest BCUT2D eigenvalue weighted by molar-refractivity contribution is 5.88. The first-order valence-corrected chi connectivity index (χ1v) is 7.46. The van der Waals surface area contributed by atoms with Gasteiger partial charge in [-0.2, -0.15) is 8.78 Å². The molecule has 0 unspecified atom stereocenters. The standard InChI is InChI=1S/C16H19F2N5O/c1-5-11-8-19-13(21-10(3)24)7-12(11)22-14-6-9(2)20-15(23-14)16(4,17)18/h6-8H,5H2,1-4H3,(H2,19,20,21,22,23,24). The van der Waals surface area contributed by atoms with E-state index in [0.717, 1.165) is 12.5 Å². The number of nitrogens with zero attached hydrogens (tertiary/aromatic N) is 3. The number of anilines is 3. The maximum absolute atomic E-state index is 13.5. The molecule has 2 heterocycles. The van der Waals surface area contributed by atoms with E-state index in [1.807, 2.05) is 6.92 Å². The van der Waals surface area contributed by atoms with Crippen molar-refractivity contribution >= 4 is 23.2 Å². The first-order valence-electron chi connectivity index (χ1n) is 7.46. The molecule has 2 rings (SSSR count). The first kappa shape index (κ1) is 17.7. The molecule has 0 spiro atoms. The van der Waals surface area contributed by atoms with Gasteiger partial charge >= 0.3 is 5.92 Å². The van der Waals surface area contributed by atoms with Crippen LogP contribution in [0.2, 0.25) is 0 Å². The summed E-state index contributed by atoms with van der Waals surface area (Å²) in [5.41, 5.74) is 1.93. The van der Waals surface area contributed by atoms with Crippen molar-refractivity contribution in [1.82, 2.24) is 15.0 Å². The lowest BCUT2D eigenvalue weighted by molar-refractivity contribution is -0.114. The van der Waals surface area contributed by atoms with Crippen LogP contribution in [0.5, 0.6) is 0 Å². The average molecular weight is 335 g/mol. The number of carbonyl (C=O) groups is 1. The van der Waals surface area contributed by atoms with Gasteiger partial charge in [-0.15, -0.1) is 0 Å². The molecule has 0 saturated carbocycles. The number of rotatable bonds is 5. The zero-order valence-electron chi connectivity index (χ0n) is 13.9. The van der Waals surface area contributed by atoms with E-state index in [-0.39, 0.29) is 11.7 Å². The molecule has 6 nitrogen and oxygen atoms in total. The van der Waals surface area contributed by atoms with Crippen molar-refractivity contribution < 1.29 is 13.6 Å². The highest BCUT2D eigenvalue weighted by Crippen LogP contribution is 2.27. The second kappa shape index (κ2) is 6.86. The normalized spacial score (nSPS) is 11.2. The smallest absolute Gasteiger partial charge is 0.303 e. The molecule has 0 saturated heterocycles. The fourth-order valence-electron chi connectivity index (χ4n) is 2.10. The zero-order chi connectivity index (χ0) is 17.9. The van der Waals surface area contributed by atoms with Gasteiger partial charge in [0.1, 0.15) is 11.6 Å². The van der Waals surface area contributed by atoms with Crippen LogP contribution in [0.15, 0.2) is 18.3 Å². The van der Waals surface area contributed by atoms with E-state index < -0.39 is 11.7 Å². The Labute approximate surface area is 138 Å². The molecule has 0 radical (unpaired) electrons. The molecule has 1 amide bonds. The van der Waals surface area contributed by atoms with Crippen molar-refractivity contribution in [1.29, 1.82) is 0 Å². The van der Waals surface area contributed by atoms with E-state index in [9.17, 15) is 13.6 Å². The number of hydrogen-bond acceptors (Lipinski definition) is 5. The number of amides is 1. The Hall–Kier alpha value is -2.64. The summed E-state index contributed by atoms with van der Waals surface area (Å²) in [6, 6.07) is 3.22. The van der Waals surface area contributed by atoms with Gasteiger partial charge in [0, 0.05) is 43.6 Å². The minimum absolute atomic E-state index is 0.247. The van der Waals surface area contributed by atoms with Crippen LogP contribution in [-0.2, 0) is 17.1 Å². The number of carbonyl (C=O) groups excluding carboxylic acids is 1. The molecule has 8 heteroatoms. The Morgan fingerprint density at radius 1 is 1.25 bits per heavy atom. The van der Waals surface area contributed by atoms with Crippen molar-refractivity contribution in [2.75, 3.05) is 10.6 Å².